The van der Waals surface area contributed by atoms with Crippen molar-refractivity contribution in [3.8, 4) is 22.9 Å². The molecule has 3 aromatic carbocycles. The third-order valence-corrected chi connectivity index (χ3v) is 6.13. The van der Waals surface area contributed by atoms with E-state index in [0.717, 1.165) is 16.7 Å². The van der Waals surface area contributed by atoms with Crippen LogP contribution in [0.5, 0.6) is 5.75 Å². The lowest BCUT2D eigenvalue weighted by Crippen LogP contribution is -2.48. The van der Waals surface area contributed by atoms with E-state index in [0.29, 0.717) is 16.9 Å². The van der Waals surface area contributed by atoms with E-state index in [2.05, 4.69) is 16.4 Å². The van der Waals surface area contributed by atoms with Crippen LogP contribution in [0.4, 0.5) is 0 Å². The number of ether oxygens (including phenoxy) is 1. The van der Waals surface area contributed by atoms with Crippen molar-refractivity contribution in [2.75, 3.05) is 0 Å². The van der Waals surface area contributed by atoms with Gasteiger partial charge < -0.3 is 10.5 Å². The fourth-order valence-electron chi connectivity index (χ4n) is 4.60. The van der Waals surface area contributed by atoms with Gasteiger partial charge in [-0.1, -0.05) is 61.5 Å². The zero-order chi connectivity index (χ0) is 21.6. The maximum Gasteiger partial charge on any atom is 0.259 e. The van der Waals surface area contributed by atoms with E-state index < -0.39 is 5.54 Å². The number of hydrogen-bond donors (Lipinski definition) is 2. The molecule has 0 saturated carbocycles. The van der Waals surface area contributed by atoms with Gasteiger partial charge >= 0.3 is 0 Å². The standard InChI is InChI=1S/C25H20N4O2/c1-15-22(16-7-3-2-4-8-16)31-21-12-11-17(19-10-6-5-9-18(19)14-26)13-20(21)25(15)23(30)28-24(27)29-25/h2-13,15,22H,1H3,(H3,27,28,29,30)/t15?,22-,25?/m1/s1. The van der Waals surface area contributed by atoms with Crippen LogP contribution >= 0.6 is 0 Å². The molecule has 2 aliphatic heterocycles. The van der Waals surface area contributed by atoms with Gasteiger partial charge in [0, 0.05) is 11.5 Å². The molecule has 1 spiro atoms. The van der Waals surface area contributed by atoms with Crippen molar-refractivity contribution >= 4 is 11.9 Å². The number of carbonyl (C=O) groups is 1. The number of rotatable bonds is 2. The van der Waals surface area contributed by atoms with Gasteiger partial charge in [-0.25, -0.2) is 4.99 Å². The van der Waals surface area contributed by atoms with Gasteiger partial charge in [0.2, 0.25) is 0 Å². The van der Waals surface area contributed by atoms with Crippen LogP contribution in [-0.2, 0) is 10.3 Å². The summed E-state index contributed by atoms with van der Waals surface area (Å²) in [7, 11) is 0. The number of guanidine groups is 1. The summed E-state index contributed by atoms with van der Waals surface area (Å²) in [6.07, 6.45) is -0.369. The first-order valence-corrected chi connectivity index (χ1v) is 10.1. The Kier molecular flexibility index (Phi) is 4.26. The molecule has 5 rings (SSSR count). The van der Waals surface area contributed by atoms with E-state index in [4.69, 9.17) is 10.5 Å². The molecule has 3 atom stereocenters. The van der Waals surface area contributed by atoms with Crippen molar-refractivity contribution in [3.63, 3.8) is 0 Å². The highest BCUT2D eigenvalue weighted by Gasteiger charge is 2.56. The lowest BCUT2D eigenvalue weighted by Gasteiger charge is -2.42. The molecule has 3 aromatic rings. The van der Waals surface area contributed by atoms with Crippen LogP contribution in [0.2, 0.25) is 0 Å². The van der Waals surface area contributed by atoms with Crippen LogP contribution in [0, 0.1) is 17.2 Å². The van der Waals surface area contributed by atoms with Gasteiger partial charge in [0.1, 0.15) is 11.9 Å². The van der Waals surface area contributed by atoms with Gasteiger partial charge in [-0.2, -0.15) is 5.26 Å². The van der Waals surface area contributed by atoms with Gasteiger partial charge in [0.05, 0.1) is 11.6 Å². The van der Waals surface area contributed by atoms with Crippen LogP contribution < -0.4 is 15.8 Å². The zero-order valence-corrected chi connectivity index (χ0v) is 16.9. The van der Waals surface area contributed by atoms with Gasteiger partial charge in [-0.3, -0.25) is 10.1 Å². The van der Waals surface area contributed by atoms with Crippen LogP contribution in [0.1, 0.15) is 29.7 Å². The molecule has 0 saturated heterocycles. The molecule has 6 heteroatoms. The third kappa shape index (κ3) is 2.78. The lowest BCUT2D eigenvalue weighted by molar-refractivity contribution is -0.128. The summed E-state index contributed by atoms with van der Waals surface area (Å²) in [5, 5.41) is 12.2. The Labute approximate surface area is 180 Å². The first-order chi connectivity index (χ1) is 15.0. The van der Waals surface area contributed by atoms with E-state index in [1.807, 2.05) is 73.7 Å². The van der Waals surface area contributed by atoms with Gasteiger partial charge in [-0.15, -0.1) is 0 Å². The number of hydrogen-bond acceptors (Lipinski definition) is 5. The lowest BCUT2D eigenvalue weighted by atomic mass is 9.72. The maximum atomic E-state index is 13.3. The molecule has 2 unspecified atom stereocenters. The molecular weight excluding hydrogens is 388 g/mol. The van der Waals surface area contributed by atoms with E-state index in [-0.39, 0.29) is 23.9 Å². The Balaban J connectivity index is 1.73. The molecule has 0 aromatic heterocycles. The number of nitriles is 1. The summed E-state index contributed by atoms with van der Waals surface area (Å²) in [6.45, 7) is 1.96. The summed E-state index contributed by atoms with van der Waals surface area (Å²) in [5.41, 5.74) is 8.53. The second kappa shape index (κ2) is 6.99. The average molecular weight is 408 g/mol. The Hall–Kier alpha value is -4.11. The van der Waals surface area contributed by atoms with Gasteiger partial charge in [0.15, 0.2) is 11.5 Å². The summed E-state index contributed by atoms with van der Waals surface area (Å²) < 4.78 is 6.39. The van der Waals surface area contributed by atoms with Crippen LogP contribution in [0.15, 0.2) is 77.8 Å². The number of nitrogens with two attached hydrogens (primary N) is 1. The quantitative estimate of drug-likeness (QED) is 0.676. The van der Waals surface area contributed by atoms with Gasteiger partial charge in [0.25, 0.3) is 5.91 Å². The minimum absolute atomic E-state index is 0.0966. The predicted molar refractivity (Wildman–Crippen MR) is 117 cm³/mol. The first-order valence-electron chi connectivity index (χ1n) is 10.1. The number of benzene rings is 3. The normalized spacial score (nSPS) is 24.0. The van der Waals surface area contributed by atoms with Crippen LogP contribution in [0.3, 0.4) is 0 Å². The summed E-state index contributed by atoms with van der Waals surface area (Å²) in [6, 6.07) is 25.0. The topological polar surface area (TPSA) is 100 Å². The minimum atomic E-state index is -1.21. The SMILES string of the molecule is CC1[C@H](c2ccccc2)Oc2ccc(-c3ccccc3C#N)cc2C12N=C(N)NC2=O. The molecule has 0 radical (unpaired) electrons. The number of nitrogens with zero attached hydrogens (tertiary/aromatic N) is 2. The number of nitrogens with one attached hydrogen (secondary N) is 1. The van der Waals surface area contributed by atoms with E-state index in [1.165, 1.54) is 0 Å². The van der Waals surface area contributed by atoms with Gasteiger partial charge in [-0.05, 0) is 34.9 Å². The fraction of sp³-hybridized carbons (Fsp3) is 0.160. The maximum absolute atomic E-state index is 13.3. The average Bonchev–Trinajstić information content (AvgIpc) is 3.11. The Morgan fingerprint density at radius 3 is 2.55 bits per heavy atom. The molecule has 2 heterocycles. The number of aliphatic imine (C=N–C) groups is 1. The van der Waals surface area contributed by atoms with Crippen LogP contribution in [0.25, 0.3) is 11.1 Å². The van der Waals surface area contributed by atoms with E-state index >= 15 is 0 Å². The molecule has 1 amide bonds. The van der Waals surface area contributed by atoms with Crippen molar-refractivity contribution in [2.24, 2.45) is 16.6 Å². The van der Waals surface area contributed by atoms with E-state index in [1.54, 1.807) is 6.07 Å². The highest BCUT2D eigenvalue weighted by Crippen LogP contribution is 2.52. The highest BCUT2D eigenvalue weighted by molar-refractivity contribution is 6.08. The zero-order valence-electron chi connectivity index (χ0n) is 16.9. The molecule has 3 N–H and O–H groups in total. The fourth-order valence-corrected chi connectivity index (χ4v) is 4.60. The van der Waals surface area contributed by atoms with Crippen molar-refractivity contribution < 1.29 is 9.53 Å². The second-order valence-corrected chi connectivity index (χ2v) is 7.82. The smallest absolute Gasteiger partial charge is 0.259 e. The molecule has 31 heavy (non-hydrogen) atoms. The van der Waals surface area contributed by atoms with Crippen LogP contribution in [-0.4, -0.2) is 11.9 Å². The molecular formula is C25H20N4O2. The molecule has 2 aliphatic rings. The summed E-state index contributed by atoms with van der Waals surface area (Å²) >= 11 is 0. The summed E-state index contributed by atoms with van der Waals surface area (Å²) in [5.74, 6) is 0.0942. The first kappa shape index (κ1) is 18.9. The Morgan fingerprint density at radius 2 is 1.84 bits per heavy atom. The molecule has 0 aliphatic carbocycles. The molecule has 152 valence electrons. The highest BCUT2D eigenvalue weighted by atomic mass is 16.5. The Bertz CT molecular complexity index is 1260. The molecule has 6 nitrogen and oxygen atoms in total. The monoisotopic (exact) mass is 408 g/mol. The number of fused-ring (bicyclic) bond motifs is 2. The molecule has 0 fully saturated rings. The largest absolute Gasteiger partial charge is 0.485 e. The van der Waals surface area contributed by atoms with E-state index in [9.17, 15) is 10.1 Å². The number of amides is 1. The second-order valence-electron chi connectivity index (χ2n) is 7.82. The predicted octanol–water partition coefficient (Wildman–Crippen LogP) is 3.63. The molecule has 0 bridgehead atoms. The third-order valence-electron chi connectivity index (χ3n) is 6.13. The van der Waals surface area contributed by atoms with Crippen molar-refractivity contribution in [1.29, 1.82) is 5.26 Å². The Morgan fingerprint density at radius 1 is 1.10 bits per heavy atom. The van der Waals surface area contributed by atoms with Crippen molar-refractivity contribution in [3.05, 3.63) is 89.5 Å². The minimum Gasteiger partial charge on any atom is -0.485 e. The van der Waals surface area contributed by atoms with Crippen molar-refractivity contribution in [1.82, 2.24) is 5.32 Å². The number of carbonyl (C=O) groups excluding carboxylic acids is 1. The summed E-state index contributed by atoms with van der Waals surface area (Å²) in [4.78, 5) is 17.9. The van der Waals surface area contributed by atoms with Crippen molar-refractivity contribution in [2.45, 2.75) is 18.6 Å².